The van der Waals surface area contributed by atoms with Gasteiger partial charge in [0.1, 0.15) is 5.01 Å². The van der Waals surface area contributed by atoms with E-state index >= 15 is 0 Å². The van der Waals surface area contributed by atoms with Gasteiger partial charge in [0.15, 0.2) is 0 Å². The van der Waals surface area contributed by atoms with Crippen LogP contribution in [0.2, 0.25) is 0 Å². The second kappa shape index (κ2) is 4.37. The number of thiazole rings is 1. The summed E-state index contributed by atoms with van der Waals surface area (Å²) in [6.45, 7) is 5.49. The first-order valence-corrected chi connectivity index (χ1v) is 6.41. The average molecular weight is 236 g/mol. The van der Waals surface area contributed by atoms with E-state index in [9.17, 15) is 4.79 Å². The van der Waals surface area contributed by atoms with Crippen LogP contribution < -0.4 is 5.32 Å². The van der Waals surface area contributed by atoms with Crippen molar-refractivity contribution in [2.45, 2.75) is 38.1 Å². The van der Waals surface area contributed by atoms with E-state index in [2.05, 4.69) is 16.9 Å². The van der Waals surface area contributed by atoms with Gasteiger partial charge in [0, 0.05) is 11.1 Å². The number of hydrogen-bond acceptors (Lipinski definition) is 3. The Hall–Kier alpha value is -1.16. The normalized spacial score (nSPS) is 18.3. The summed E-state index contributed by atoms with van der Waals surface area (Å²) in [6.07, 6.45) is 5.60. The molecule has 0 atom stereocenters. The molecule has 0 spiro atoms. The summed E-state index contributed by atoms with van der Waals surface area (Å²) in [5.74, 6) is -0.102. The van der Waals surface area contributed by atoms with E-state index in [-0.39, 0.29) is 11.4 Å². The van der Waals surface area contributed by atoms with E-state index in [0.717, 1.165) is 36.4 Å². The largest absolute Gasteiger partial charge is 0.341 e. The SMILES string of the molecule is C=CC(=O)NC1(c2nc(C)cs2)CCCC1. The van der Waals surface area contributed by atoms with Crippen molar-refractivity contribution in [3.63, 3.8) is 0 Å². The predicted molar refractivity (Wildman–Crippen MR) is 65.3 cm³/mol. The van der Waals surface area contributed by atoms with E-state index in [1.54, 1.807) is 11.3 Å². The Labute approximate surface area is 99.6 Å². The molecule has 0 unspecified atom stereocenters. The third kappa shape index (κ3) is 2.02. The van der Waals surface area contributed by atoms with Gasteiger partial charge in [-0.05, 0) is 25.8 Å². The lowest BCUT2D eigenvalue weighted by atomic mass is 9.98. The number of nitrogens with zero attached hydrogens (tertiary/aromatic N) is 1. The predicted octanol–water partition coefficient (Wildman–Crippen LogP) is 2.52. The highest BCUT2D eigenvalue weighted by Crippen LogP contribution is 2.40. The van der Waals surface area contributed by atoms with E-state index in [4.69, 9.17) is 0 Å². The Morgan fingerprint density at radius 2 is 2.31 bits per heavy atom. The van der Waals surface area contributed by atoms with E-state index in [1.165, 1.54) is 6.08 Å². The number of nitrogens with one attached hydrogen (secondary N) is 1. The zero-order chi connectivity index (χ0) is 11.6. The highest BCUT2D eigenvalue weighted by molar-refractivity contribution is 7.09. The zero-order valence-electron chi connectivity index (χ0n) is 9.45. The summed E-state index contributed by atoms with van der Waals surface area (Å²) in [5.41, 5.74) is 0.795. The van der Waals surface area contributed by atoms with Gasteiger partial charge in [0.2, 0.25) is 5.91 Å². The van der Waals surface area contributed by atoms with Gasteiger partial charge in [-0.3, -0.25) is 4.79 Å². The van der Waals surface area contributed by atoms with Crippen molar-refractivity contribution < 1.29 is 4.79 Å². The van der Waals surface area contributed by atoms with E-state index < -0.39 is 0 Å². The molecule has 1 fully saturated rings. The number of aryl methyl sites for hydroxylation is 1. The van der Waals surface area contributed by atoms with Crippen LogP contribution in [0.3, 0.4) is 0 Å². The minimum absolute atomic E-state index is 0.102. The molecule has 0 radical (unpaired) electrons. The quantitative estimate of drug-likeness (QED) is 0.819. The van der Waals surface area contributed by atoms with Gasteiger partial charge in [-0.1, -0.05) is 19.4 Å². The van der Waals surface area contributed by atoms with Gasteiger partial charge in [-0.2, -0.15) is 0 Å². The number of amides is 1. The highest BCUT2D eigenvalue weighted by atomic mass is 32.1. The molecule has 2 rings (SSSR count). The molecule has 0 bridgehead atoms. The Kier molecular flexibility index (Phi) is 3.10. The molecule has 1 aliphatic carbocycles. The number of carbonyl (C=O) groups excluding carboxylic acids is 1. The molecule has 0 saturated heterocycles. The van der Waals surface area contributed by atoms with Crippen molar-refractivity contribution in [2.75, 3.05) is 0 Å². The molecule has 1 amide bonds. The molecule has 1 N–H and O–H groups in total. The van der Waals surface area contributed by atoms with Crippen LogP contribution in [0.5, 0.6) is 0 Å². The maximum absolute atomic E-state index is 11.5. The molecule has 16 heavy (non-hydrogen) atoms. The van der Waals surface area contributed by atoms with Gasteiger partial charge in [-0.25, -0.2) is 4.98 Å². The van der Waals surface area contributed by atoms with Gasteiger partial charge >= 0.3 is 0 Å². The minimum atomic E-state index is -0.232. The monoisotopic (exact) mass is 236 g/mol. The smallest absolute Gasteiger partial charge is 0.244 e. The Bertz CT molecular complexity index is 405. The van der Waals surface area contributed by atoms with Gasteiger partial charge in [-0.15, -0.1) is 11.3 Å². The molecule has 3 nitrogen and oxygen atoms in total. The average Bonchev–Trinajstić information content (AvgIpc) is 2.88. The van der Waals surface area contributed by atoms with Crippen LogP contribution in [0, 0.1) is 6.92 Å². The van der Waals surface area contributed by atoms with Crippen LogP contribution in [0.25, 0.3) is 0 Å². The maximum atomic E-state index is 11.5. The molecule has 1 aromatic heterocycles. The molecule has 0 aliphatic heterocycles. The Balaban J connectivity index is 2.28. The van der Waals surface area contributed by atoms with Crippen LogP contribution in [0.1, 0.15) is 36.4 Å². The van der Waals surface area contributed by atoms with Crippen LogP contribution in [0.15, 0.2) is 18.0 Å². The molecule has 1 saturated carbocycles. The molecular weight excluding hydrogens is 220 g/mol. The summed E-state index contributed by atoms with van der Waals surface area (Å²) in [4.78, 5) is 16.0. The number of rotatable bonds is 3. The fourth-order valence-electron chi connectivity index (χ4n) is 2.23. The summed E-state index contributed by atoms with van der Waals surface area (Å²) in [7, 11) is 0. The first kappa shape index (κ1) is 11.3. The lowest BCUT2D eigenvalue weighted by Gasteiger charge is -2.27. The standard InChI is InChI=1S/C12H16N2OS/c1-3-10(15)14-12(6-4-5-7-12)11-13-9(2)8-16-11/h3,8H,1,4-7H2,2H3,(H,14,15). The molecule has 0 aromatic carbocycles. The van der Waals surface area contributed by atoms with Crippen molar-refractivity contribution in [3.8, 4) is 0 Å². The third-order valence-corrected chi connectivity index (χ3v) is 4.20. The summed E-state index contributed by atoms with van der Waals surface area (Å²) < 4.78 is 0. The van der Waals surface area contributed by atoms with Gasteiger partial charge < -0.3 is 5.32 Å². The number of aromatic nitrogens is 1. The topological polar surface area (TPSA) is 42.0 Å². The van der Waals surface area contributed by atoms with Crippen molar-refractivity contribution in [3.05, 3.63) is 28.7 Å². The van der Waals surface area contributed by atoms with Gasteiger partial charge in [0.05, 0.1) is 5.54 Å². The van der Waals surface area contributed by atoms with E-state index in [1.807, 2.05) is 12.3 Å². The van der Waals surface area contributed by atoms with Crippen molar-refractivity contribution in [1.29, 1.82) is 0 Å². The maximum Gasteiger partial charge on any atom is 0.244 e. The lowest BCUT2D eigenvalue weighted by molar-refractivity contribution is -0.118. The first-order valence-electron chi connectivity index (χ1n) is 5.53. The van der Waals surface area contributed by atoms with Crippen molar-refractivity contribution >= 4 is 17.2 Å². The molecule has 1 heterocycles. The fourth-order valence-corrected chi connectivity index (χ4v) is 3.24. The Morgan fingerprint density at radius 1 is 1.62 bits per heavy atom. The second-order valence-electron chi connectivity index (χ2n) is 4.28. The van der Waals surface area contributed by atoms with Crippen LogP contribution in [-0.2, 0) is 10.3 Å². The zero-order valence-corrected chi connectivity index (χ0v) is 10.3. The molecular formula is C12H16N2OS. The highest BCUT2D eigenvalue weighted by Gasteiger charge is 2.39. The summed E-state index contributed by atoms with van der Waals surface area (Å²) in [6, 6.07) is 0. The number of carbonyl (C=O) groups is 1. The van der Waals surface area contributed by atoms with Crippen LogP contribution in [-0.4, -0.2) is 10.9 Å². The second-order valence-corrected chi connectivity index (χ2v) is 5.13. The van der Waals surface area contributed by atoms with Crippen LogP contribution in [0.4, 0.5) is 0 Å². The molecule has 1 aliphatic rings. The van der Waals surface area contributed by atoms with Gasteiger partial charge in [0.25, 0.3) is 0 Å². The van der Waals surface area contributed by atoms with Crippen LogP contribution >= 0.6 is 11.3 Å². The lowest BCUT2D eigenvalue weighted by Crippen LogP contribution is -2.43. The van der Waals surface area contributed by atoms with Crippen molar-refractivity contribution in [2.24, 2.45) is 0 Å². The molecule has 86 valence electrons. The van der Waals surface area contributed by atoms with E-state index in [0.29, 0.717) is 0 Å². The summed E-state index contributed by atoms with van der Waals surface area (Å²) in [5, 5.41) is 6.14. The third-order valence-electron chi connectivity index (χ3n) is 3.03. The minimum Gasteiger partial charge on any atom is -0.341 e. The number of hydrogen-bond donors (Lipinski definition) is 1. The fraction of sp³-hybridized carbons (Fsp3) is 0.500. The molecule has 1 aromatic rings. The first-order chi connectivity index (χ1) is 7.66. The van der Waals surface area contributed by atoms with Crippen molar-refractivity contribution in [1.82, 2.24) is 10.3 Å². The summed E-state index contributed by atoms with van der Waals surface area (Å²) >= 11 is 1.64. The Morgan fingerprint density at radius 3 is 2.81 bits per heavy atom. The molecule has 4 heteroatoms.